The number of hydrogen-bond acceptors (Lipinski definition) is 8. The molecule has 10 nitrogen and oxygen atoms in total. The summed E-state index contributed by atoms with van der Waals surface area (Å²) in [6.07, 6.45) is 3.05. The average molecular weight is 486 g/mol. The minimum absolute atomic E-state index is 0.00366. The number of carbonyl (C=O) groups excluding carboxylic acids is 1. The van der Waals surface area contributed by atoms with Gasteiger partial charge in [0.05, 0.1) is 23.5 Å². The van der Waals surface area contributed by atoms with Gasteiger partial charge in [-0.1, -0.05) is 32.0 Å². The zero-order chi connectivity index (χ0) is 23.6. The lowest BCUT2D eigenvalue weighted by atomic mass is 10.0. The Morgan fingerprint density at radius 1 is 1.06 bits per heavy atom. The third-order valence-corrected chi connectivity index (χ3v) is 7.22. The molecule has 4 aromatic rings. The van der Waals surface area contributed by atoms with Crippen LogP contribution in [0.4, 0.5) is 0 Å². The molecule has 0 saturated heterocycles. The lowest BCUT2D eigenvalue weighted by Gasteiger charge is -2.24. The lowest BCUT2D eigenvalue weighted by Crippen LogP contribution is -2.50. The molecule has 0 fully saturated rings. The monoisotopic (exact) mass is 485 g/mol. The Labute approximate surface area is 195 Å². The van der Waals surface area contributed by atoms with E-state index in [0.29, 0.717) is 11.0 Å². The summed E-state index contributed by atoms with van der Waals surface area (Å²) in [6.45, 7) is 5.42. The highest BCUT2D eigenvalue weighted by atomic mass is 32.2. The number of hydrogen-bond donors (Lipinski definition) is 2. The number of carbonyl (C=O) groups is 1. The van der Waals surface area contributed by atoms with Gasteiger partial charge in [0.25, 0.3) is 0 Å². The quantitative estimate of drug-likeness (QED) is 0.392. The molecule has 0 aliphatic rings. The molecule has 4 rings (SSSR count). The van der Waals surface area contributed by atoms with Crippen molar-refractivity contribution in [3.8, 4) is 5.69 Å². The van der Waals surface area contributed by atoms with E-state index in [4.69, 9.17) is 0 Å². The maximum Gasteiger partial charge on any atom is 0.243 e. The minimum Gasteiger partial charge on any atom is -0.348 e. The number of amides is 1. The topological polar surface area (TPSA) is 132 Å². The number of nitrogens with zero attached hydrogens (tertiary/aromatic N) is 5. The summed E-state index contributed by atoms with van der Waals surface area (Å²) >= 11 is 0.940. The largest absolute Gasteiger partial charge is 0.348 e. The smallest absolute Gasteiger partial charge is 0.243 e. The Morgan fingerprint density at radius 2 is 1.82 bits per heavy atom. The van der Waals surface area contributed by atoms with E-state index in [9.17, 15) is 13.2 Å². The normalized spacial score (nSPS) is 13.8. The van der Waals surface area contributed by atoms with E-state index in [2.05, 4.69) is 28.9 Å². The van der Waals surface area contributed by atoms with Gasteiger partial charge in [-0.25, -0.2) is 18.1 Å². The molecule has 1 amide bonds. The van der Waals surface area contributed by atoms with Gasteiger partial charge in [0.1, 0.15) is 34.6 Å². The van der Waals surface area contributed by atoms with Crippen LogP contribution in [0.5, 0.6) is 0 Å². The van der Waals surface area contributed by atoms with Gasteiger partial charge in [-0.2, -0.15) is 18.6 Å². The zero-order valence-electron chi connectivity index (χ0n) is 18.2. The number of sulfonamides is 1. The van der Waals surface area contributed by atoms with Crippen molar-refractivity contribution < 1.29 is 13.2 Å². The van der Waals surface area contributed by atoms with Gasteiger partial charge in [0.15, 0.2) is 0 Å². The van der Waals surface area contributed by atoms with E-state index in [1.54, 1.807) is 37.0 Å². The number of benzene rings is 2. The maximum atomic E-state index is 13.1. The molecule has 0 bridgehead atoms. The molecule has 0 radical (unpaired) electrons. The first-order valence-corrected chi connectivity index (χ1v) is 12.5. The fourth-order valence-corrected chi connectivity index (χ4v) is 5.48. The second-order valence-corrected chi connectivity index (χ2v) is 10.1. The van der Waals surface area contributed by atoms with Gasteiger partial charge in [-0.05, 0) is 42.7 Å². The molecular weight excluding hydrogens is 462 g/mol. The van der Waals surface area contributed by atoms with Crippen molar-refractivity contribution in [3.05, 3.63) is 60.7 Å². The molecule has 2 aromatic carbocycles. The first kappa shape index (κ1) is 23.0. The molecule has 0 unspecified atom stereocenters. The molecule has 2 N–H and O–H groups in total. The minimum atomic E-state index is -4.00. The second kappa shape index (κ2) is 9.33. The van der Waals surface area contributed by atoms with E-state index in [1.165, 1.54) is 12.4 Å². The van der Waals surface area contributed by atoms with Gasteiger partial charge < -0.3 is 5.32 Å². The number of nitrogens with one attached hydrogen (secondary N) is 2. The predicted octanol–water partition coefficient (Wildman–Crippen LogP) is 2.45. The van der Waals surface area contributed by atoms with Crippen LogP contribution in [0.15, 0.2) is 60.0 Å². The van der Waals surface area contributed by atoms with Crippen molar-refractivity contribution in [1.82, 2.24) is 33.6 Å². The summed E-state index contributed by atoms with van der Waals surface area (Å²) in [5.41, 5.74) is 2.50. The van der Waals surface area contributed by atoms with E-state index in [1.807, 2.05) is 31.2 Å². The number of fused-ring (bicyclic) bond motifs is 1. The third-order valence-electron chi connectivity index (χ3n) is 5.20. The summed E-state index contributed by atoms with van der Waals surface area (Å²) < 4.78 is 38.6. The van der Waals surface area contributed by atoms with Crippen LogP contribution >= 0.6 is 11.7 Å². The van der Waals surface area contributed by atoms with Gasteiger partial charge >= 0.3 is 0 Å². The van der Waals surface area contributed by atoms with Crippen LogP contribution in [-0.4, -0.2) is 43.9 Å². The zero-order valence-corrected chi connectivity index (χ0v) is 19.8. The summed E-state index contributed by atoms with van der Waals surface area (Å²) in [6, 6.07) is 11.0. The molecule has 2 aromatic heterocycles. The second-order valence-electron chi connectivity index (χ2n) is 7.89. The highest BCUT2D eigenvalue weighted by Crippen LogP contribution is 2.22. The predicted molar refractivity (Wildman–Crippen MR) is 124 cm³/mol. The van der Waals surface area contributed by atoms with Gasteiger partial charge in [-0.15, -0.1) is 0 Å². The van der Waals surface area contributed by atoms with Crippen LogP contribution in [0.25, 0.3) is 16.7 Å². The van der Waals surface area contributed by atoms with Crippen LogP contribution in [0.1, 0.15) is 32.4 Å². The van der Waals surface area contributed by atoms with Crippen molar-refractivity contribution in [1.29, 1.82) is 0 Å². The summed E-state index contributed by atoms with van der Waals surface area (Å²) in [4.78, 5) is 17.0. The standard InChI is InChI=1S/C21H23N7O3S2/c1-13(2)19(27-33(30,31)18-6-4-5-17-20(18)26-32-25-17)21(29)24-14(3)15-7-9-16(10-8-15)28-12-22-11-23-28/h4-14,19,27H,1-3H3,(H,24,29)/t14-,19-/m0/s1. The number of rotatable bonds is 8. The molecule has 2 heterocycles. The Bertz CT molecular complexity index is 1350. The summed E-state index contributed by atoms with van der Waals surface area (Å²) in [5.74, 6) is -0.695. The van der Waals surface area contributed by atoms with E-state index in [0.717, 1.165) is 23.0 Å². The fourth-order valence-electron chi connectivity index (χ4n) is 3.37. The Morgan fingerprint density at radius 3 is 2.48 bits per heavy atom. The maximum absolute atomic E-state index is 13.1. The van der Waals surface area contributed by atoms with Crippen LogP contribution < -0.4 is 10.0 Å². The Hall–Kier alpha value is -3.22. The molecule has 0 aliphatic carbocycles. The third kappa shape index (κ3) is 4.92. The van der Waals surface area contributed by atoms with Crippen molar-refractivity contribution >= 4 is 38.7 Å². The average Bonchev–Trinajstić information content (AvgIpc) is 3.49. The first-order valence-electron chi connectivity index (χ1n) is 10.2. The van der Waals surface area contributed by atoms with Crippen LogP contribution in [0.3, 0.4) is 0 Å². The van der Waals surface area contributed by atoms with Crippen LogP contribution in [0, 0.1) is 5.92 Å². The SMILES string of the molecule is CC(C)[C@H](NS(=O)(=O)c1cccc2nsnc12)C(=O)N[C@@H](C)c1ccc(-n2cncn2)cc1. The van der Waals surface area contributed by atoms with Gasteiger partial charge in [0, 0.05) is 0 Å². The highest BCUT2D eigenvalue weighted by molar-refractivity contribution is 7.89. The molecule has 33 heavy (non-hydrogen) atoms. The Kier molecular flexibility index (Phi) is 6.49. The highest BCUT2D eigenvalue weighted by Gasteiger charge is 2.30. The van der Waals surface area contributed by atoms with Crippen molar-refractivity contribution in [2.24, 2.45) is 5.92 Å². The molecule has 0 saturated carbocycles. The van der Waals surface area contributed by atoms with E-state index < -0.39 is 22.0 Å². The summed E-state index contributed by atoms with van der Waals surface area (Å²) in [7, 11) is -4.00. The van der Waals surface area contributed by atoms with Crippen LogP contribution in [-0.2, 0) is 14.8 Å². The van der Waals surface area contributed by atoms with Gasteiger partial charge in [0.2, 0.25) is 15.9 Å². The van der Waals surface area contributed by atoms with E-state index >= 15 is 0 Å². The Balaban J connectivity index is 1.49. The molecular formula is C21H23N7O3S2. The van der Waals surface area contributed by atoms with Gasteiger partial charge in [-0.3, -0.25) is 4.79 Å². The lowest BCUT2D eigenvalue weighted by molar-refractivity contribution is -0.124. The van der Waals surface area contributed by atoms with Crippen molar-refractivity contribution in [2.75, 3.05) is 0 Å². The summed E-state index contributed by atoms with van der Waals surface area (Å²) in [5, 5.41) is 7.00. The van der Waals surface area contributed by atoms with Crippen LogP contribution in [0.2, 0.25) is 0 Å². The molecule has 172 valence electrons. The van der Waals surface area contributed by atoms with E-state index in [-0.39, 0.29) is 16.9 Å². The molecule has 12 heteroatoms. The number of aromatic nitrogens is 5. The van der Waals surface area contributed by atoms with Crippen molar-refractivity contribution in [3.63, 3.8) is 0 Å². The molecule has 0 spiro atoms. The molecule has 2 atom stereocenters. The fraction of sp³-hybridized carbons (Fsp3) is 0.286. The molecule has 0 aliphatic heterocycles. The first-order chi connectivity index (χ1) is 15.8. The van der Waals surface area contributed by atoms with Crippen molar-refractivity contribution in [2.45, 2.75) is 37.8 Å².